The van der Waals surface area contributed by atoms with E-state index in [-0.39, 0.29) is 3.82 Å². The van der Waals surface area contributed by atoms with Gasteiger partial charge in [0.1, 0.15) is 14.5 Å². The second-order valence-electron chi connectivity index (χ2n) is 4.21. The van der Waals surface area contributed by atoms with Crippen molar-refractivity contribution in [3.63, 3.8) is 0 Å². The van der Waals surface area contributed by atoms with E-state index in [1.165, 1.54) is 30.6 Å². The van der Waals surface area contributed by atoms with E-state index in [9.17, 15) is 0 Å². The molecule has 0 aromatic carbocycles. The fourth-order valence-corrected chi connectivity index (χ4v) is 23.3. The largest absolute Gasteiger partial charge is 0.329 e. The molecule has 1 aliphatic heterocycles. The Labute approximate surface area is 99.8 Å². The van der Waals surface area contributed by atoms with Crippen LogP contribution in [0.1, 0.15) is 27.7 Å². The zero-order chi connectivity index (χ0) is 11.0. The lowest BCUT2D eigenvalue weighted by Crippen LogP contribution is -2.41. The Morgan fingerprint density at radius 2 is 1.14 bits per heavy atom. The molecule has 0 nitrogen and oxygen atoms in total. The van der Waals surface area contributed by atoms with Crippen molar-refractivity contribution < 1.29 is 0 Å². The Hall–Kier alpha value is 1.44. The van der Waals surface area contributed by atoms with E-state index >= 15 is 0 Å². The number of hydrogen-bond donors (Lipinski definition) is 0. The molecule has 84 valence electrons. The predicted molar refractivity (Wildman–Crippen MR) is 75.3 cm³/mol. The molecule has 0 aliphatic carbocycles. The second kappa shape index (κ2) is 4.37. The topological polar surface area (TPSA) is 0 Å². The first-order valence-corrected chi connectivity index (χ1v) is 11.0. The minimum absolute atomic E-state index is 0.285. The maximum Gasteiger partial charge on any atom is 0.329 e. The quantitative estimate of drug-likeness (QED) is 0.491. The van der Waals surface area contributed by atoms with Crippen molar-refractivity contribution >= 4 is 37.7 Å². The molecule has 0 N–H and O–H groups in total. The van der Waals surface area contributed by atoms with Crippen LogP contribution in [0.3, 0.4) is 0 Å². The molecule has 1 fully saturated rings. The second-order valence-corrected chi connectivity index (χ2v) is 16.5. The summed E-state index contributed by atoms with van der Waals surface area (Å²) in [5, 5.41) is 0. The first-order valence-electron chi connectivity index (χ1n) is 5.55. The lowest BCUT2D eigenvalue weighted by atomic mass is 10.9. The average Bonchev–Trinajstić information content (AvgIpc) is 2.19. The van der Waals surface area contributed by atoms with Crippen LogP contribution in [-0.4, -0.2) is 34.4 Å². The van der Waals surface area contributed by atoms with Gasteiger partial charge < -0.3 is 0 Å². The van der Waals surface area contributed by atoms with Gasteiger partial charge in [-0.05, 0) is 50.9 Å². The summed E-state index contributed by atoms with van der Waals surface area (Å²) in [6, 6.07) is 0. The molecule has 0 spiro atoms. The summed E-state index contributed by atoms with van der Waals surface area (Å²) in [6.45, 7) is 9.10. The molecular weight excluding hydrogens is 253 g/mol. The molecular formula is C10H22Cl2P2+2. The Kier molecular flexibility index (Phi) is 4.21. The average molecular weight is 275 g/mol. The lowest BCUT2D eigenvalue weighted by Gasteiger charge is -2.51. The van der Waals surface area contributed by atoms with Crippen molar-refractivity contribution in [2.24, 2.45) is 0 Å². The Bertz CT molecular complexity index is 188. The summed E-state index contributed by atoms with van der Waals surface area (Å²) in [6.07, 6.45) is 4.94. The van der Waals surface area contributed by atoms with Crippen LogP contribution in [0.2, 0.25) is 0 Å². The van der Waals surface area contributed by atoms with Crippen molar-refractivity contribution in [1.29, 1.82) is 0 Å². The molecule has 1 rings (SSSR count). The van der Waals surface area contributed by atoms with E-state index in [2.05, 4.69) is 27.7 Å². The summed E-state index contributed by atoms with van der Waals surface area (Å²) < 4.78 is -0.285. The zero-order valence-corrected chi connectivity index (χ0v) is 13.0. The molecule has 0 atom stereocenters. The molecule has 0 unspecified atom stereocenters. The third-order valence-corrected chi connectivity index (χ3v) is 22.4. The van der Waals surface area contributed by atoms with Crippen LogP contribution in [0, 0.1) is 0 Å². The van der Waals surface area contributed by atoms with Crippen LogP contribution in [0.4, 0.5) is 0 Å². The molecule has 0 aromatic rings. The maximum absolute atomic E-state index is 6.71. The molecule has 1 aliphatic rings. The Morgan fingerprint density at radius 1 is 0.857 bits per heavy atom. The molecule has 0 radical (unpaired) electrons. The number of hydrogen-bond acceptors (Lipinski definition) is 0. The summed E-state index contributed by atoms with van der Waals surface area (Å²) in [5.74, 6) is 1.42. The summed E-state index contributed by atoms with van der Waals surface area (Å²) in [7, 11) is -2.02. The summed E-state index contributed by atoms with van der Waals surface area (Å²) in [5.41, 5.74) is 0. The number of alkyl halides is 2. The van der Waals surface area contributed by atoms with Crippen LogP contribution < -0.4 is 0 Å². The van der Waals surface area contributed by atoms with Gasteiger partial charge in [0, 0.05) is 0 Å². The fourth-order valence-electron chi connectivity index (χ4n) is 2.67. The standard InChI is InChI=1S/C10H22Cl2P2/c1-5-13(6-2)9-14(7-3,8-4)10(13,11)12/h5-9H2,1-4H3/q+2. The highest BCUT2D eigenvalue weighted by Crippen LogP contribution is 3.03. The van der Waals surface area contributed by atoms with Gasteiger partial charge in [-0.15, -0.1) is 0 Å². The van der Waals surface area contributed by atoms with E-state index in [1.54, 1.807) is 0 Å². The van der Waals surface area contributed by atoms with Gasteiger partial charge in [0.2, 0.25) is 0 Å². The molecule has 0 amide bonds. The van der Waals surface area contributed by atoms with E-state index in [4.69, 9.17) is 23.2 Å². The van der Waals surface area contributed by atoms with Gasteiger partial charge in [-0.2, -0.15) is 0 Å². The SMILES string of the molecule is CC[P+]1(CC)C[P+](CC)(CC)C1(Cl)Cl. The summed E-state index contributed by atoms with van der Waals surface area (Å²) >= 11 is 13.4. The van der Waals surface area contributed by atoms with Gasteiger partial charge in [0.15, 0.2) is 5.90 Å². The van der Waals surface area contributed by atoms with E-state index in [1.807, 2.05) is 0 Å². The fraction of sp³-hybridized carbons (Fsp3) is 1.00. The highest BCUT2D eigenvalue weighted by molar-refractivity contribution is 8.13. The van der Waals surface area contributed by atoms with Gasteiger partial charge in [-0.3, -0.25) is 0 Å². The van der Waals surface area contributed by atoms with E-state index in [0.29, 0.717) is 0 Å². The normalized spacial score (nSPS) is 27.0. The van der Waals surface area contributed by atoms with Gasteiger partial charge in [0.05, 0.1) is 24.6 Å². The third kappa shape index (κ3) is 1.48. The van der Waals surface area contributed by atoms with Crippen molar-refractivity contribution in [3.05, 3.63) is 0 Å². The minimum atomic E-state index is -1.01. The maximum atomic E-state index is 6.71. The van der Waals surface area contributed by atoms with Crippen LogP contribution in [-0.2, 0) is 0 Å². The van der Waals surface area contributed by atoms with Crippen LogP contribution in [0.5, 0.6) is 0 Å². The van der Waals surface area contributed by atoms with Gasteiger partial charge in [-0.25, -0.2) is 0 Å². The molecule has 4 heteroatoms. The summed E-state index contributed by atoms with van der Waals surface area (Å²) in [4.78, 5) is 0. The smallest absolute Gasteiger partial charge is 0.0307 e. The minimum Gasteiger partial charge on any atom is -0.0307 e. The molecule has 1 saturated heterocycles. The third-order valence-electron chi connectivity index (χ3n) is 4.10. The molecule has 1 heterocycles. The number of halogens is 2. The molecule has 0 bridgehead atoms. The van der Waals surface area contributed by atoms with Crippen LogP contribution in [0.25, 0.3) is 0 Å². The lowest BCUT2D eigenvalue weighted by molar-refractivity contribution is 1.21. The highest BCUT2D eigenvalue weighted by Gasteiger charge is 2.83. The van der Waals surface area contributed by atoms with Gasteiger partial charge in [0.25, 0.3) is 0 Å². The van der Waals surface area contributed by atoms with Crippen molar-refractivity contribution in [1.82, 2.24) is 0 Å². The molecule has 14 heavy (non-hydrogen) atoms. The van der Waals surface area contributed by atoms with E-state index < -0.39 is 14.5 Å². The van der Waals surface area contributed by atoms with E-state index in [0.717, 1.165) is 0 Å². The Morgan fingerprint density at radius 3 is 1.29 bits per heavy atom. The number of rotatable bonds is 4. The Balaban J connectivity index is 2.95. The predicted octanol–water partition coefficient (Wildman–Crippen LogP) is 5.16. The highest BCUT2D eigenvalue weighted by atomic mass is 35.5. The van der Waals surface area contributed by atoms with Crippen molar-refractivity contribution in [2.45, 2.75) is 31.5 Å². The molecule has 0 saturated carbocycles. The monoisotopic (exact) mass is 274 g/mol. The molecule has 0 aromatic heterocycles. The van der Waals surface area contributed by atoms with Crippen LogP contribution >= 0.6 is 37.7 Å². The van der Waals surface area contributed by atoms with Crippen LogP contribution in [0.15, 0.2) is 0 Å². The first-order chi connectivity index (χ1) is 6.45. The van der Waals surface area contributed by atoms with Gasteiger partial charge in [-0.1, -0.05) is 0 Å². The first kappa shape index (κ1) is 13.5. The van der Waals surface area contributed by atoms with Gasteiger partial charge >= 0.3 is 3.82 Å². The van der Waals surface area contributed by atoms with Crippen molar-refractivity contribution in [3.8, 4) is 0 Å². The van der Waals surface area contributed by atoms with Crippen molar-refractivity contribution in [2.75, 3.05) is 30.6 Å². The zero-order valence-electron chi connectivity index (χ0n) is 9.69.